The topological polar surface area (TPSA) is 56.0 Å². The van der Waals surface area contributed by atoms with E-state index in [4.69, 9.17) is 5.26 Å². The molecule has 3 heteroatoms. The number of hydrogen-bond donors (Lipinski definition) is 2. The van der Waals surface area contributed by atoms with Crippen LogP contribution in [0.2, 0.25) is 0 Å². The van der Waals surface area contributed by atoms with Crippen LogP contribution in [0, 0.1) is 16.7 Å². The normalized spacial score (nSPS) is 12.5. The molecule has 0 aliphatic carbocycles. The van der Waals surface area contributed by atoms with Crippen molar-refractivity contribution in [1.29, 1.82) is 5.26 Å². The van der Waals surface area contributed by atoms with Crippen LogP contribution in [-0.4, -0.2) is 23.8 Å². The third-order valence-corrected chi connectivity index (χ3v) is 3.23. The SMILES string of the molecule is CCC(O)(CC)CNCCCC(C)(C)C#N. The largest absolute Gasteiger partial charge is 0.389 e. The summed E-state index contributed by atoms with van der Waals surface area (Å²) < 4.78 is 0. The van der Waals surface area contributed by atoms with Crippen LogP contribution in [0.1, 0.15) is 53.4 Å². The van der Waals surface area contributed by atoms with Crippen molar-refractivity contribution >= 4 is 0 Å². The molecule has 0 aromatic carbocycles. The molecule has 94 valence electrons. The Hall–Kier alpha value is -0.590. The van der Waals surface area contributed by atoms with Gasteiger partial charge in [-0.05, 0) is 46.1 Å². The highest BCUT2D eigenvalue weighted by Gasteiger charge is 2.21. The van der Waals surface area contributed by atoms with Gasteiger partial charge >= 0.3 is 0 Å². The van der Waals surface area contributed by atoms with Crippen molar-refractivity contribution in [2.24, 2.45) is 5.41 Å². The predicted octanol–water partition coefficient (Wildman–Crippen LogP) is 2.46. The second kappa shape index (κ2) is 6.88. The van der Waals surface area contributed by atoms with E-state index in [-0.39, 0.29) is 5.41 Å². The van der Waals surface area contributed by atoms with E-state index in [9.17, 15) is 5.11 Å². The van der Waals surface area contributed by atoms with E-state index in [0.29, 0.717) is 6.54 Å². The summed E-state index contributed by atoms with van der Waals surface area (Å²) in [4.78, 5) is 0. The maximum Gasteiger partial charge on any atom is 0.0766 e. The van der Waals surface area contributed by atoms with Gasteiger partial charge < -0.3 is 10.4 Å². The molecule has 0 fully saturated rings. The summed E-state index contributed by atoms with van der Waals surface area (Å²) in [5.41, 5.74) is -0.793. The molecule has 0 saturated heterocycles. The van der Waals surface area contributed by atoms with Crippen LogP contribution in [0.3, 0.4) is 0 Å². The highest BCUT2D eigenvalue weighted by atomic mass is 16.3. The summed E-state index contributed by atoms with van der Waals surface area (Å²) in [6, 6.07) is 2.29. The fraction of sp³-hybridized carbons (Fsp3) is 0.923. The molecule has 0 amide bonds. The lowest BCUT2D eigenvalue weighted by molar-refractivity contribution is 0.0326. The van der Waals surface area contributed by atoms with Crippen LogP contribution < -0.4 is 5.32 Å². The summed E-state index contributed by atoms with van der Waals surface area (Å²) in [5.74, 6) is 0. The summed E-state index contributed by atoms with van der Waals surface area (Å²) in [7, 11) is 0. The molecule has 0 spiro atoms. The fourth-order valence-electron chi connectivity index (χ4n) is 1.53. The molecule has 0 unspecified atom stereocenters. The maximum absolute atomic E-state index is 10.0. The van der Waals surface area contributed by atoms with Gasteiger partial charge in [0.05, 0.1) is 17.1 Å². The van der Waals surface area contributed by atoms with E-state index < -0.39 is 5.60 Å². The third-order valence-electron chi connectivity index (χ3n) is 3.23. The molecular formula is C13H26N2O. The van der Waals surface area contributed by atoms with Gasteiger partial charge in [-0.3, -0.25) is 0 Å². The first kappa shape index (κ1) is 15.4. The van der Waals surface area contributed by atoms with Crippen LogP contribution in [0.4, 0.5) is 0 Å². The van der Waals surface area contributed by atoms with Crippen molar-refractivity contribution in [3.05, 3.63) is 0 Å². The number of rotatable bonds is 8. The Labute approximate surface area is 99.9 Å². The number of aliphatic hydroxyl groups is 1. The van der Waals surface area contributed by atoms with Gasteiger partial charge in [0.15, 0.2) is 0 Å². The number of nitriles is 1. The Bertz CT molecular complexity index is 227. The summed E-state index contributed by atoms with van der Waals surface area (Å²) in [5, 5.41) is 22.1. The lowest BCUT2D eigenvalue weighted by Crippen LogP contribution is -2.39. The second-order valence-corrected chi connectivity index (χ2v) is 5.21. The van der Waals surface area contributed by atoms with Gasteiger partial charge in [-0.15, -0.1) is 0 Å². The van der Waals surface area contributed by atoms with Crippen molar-refractivity contribution in [2.75, 3.05) is 13.1 Å². The molecular weight excluding hydrogens is 200 g/mol. The van der Waals surface area contributed by atoms with E-state index in [1.165, 1.54) is 0 Å². The average molecular weight is 226 g/mol. The highest BCUT2D eigenvalue weighted by molar-refractivity contribution is 4.91. The number of nitrogens with one attached hydrogen (secondary N) is 1. The van der Waals surface area contributed by atoms with E-state index in [1.807, 2.05) is 27.7 Å². The van der Waals surface area contributed by atoms with Gasteiger partial charge in [0.25, 0.3) is 0 Å². The molecule has 16 heavy (non-hydrogen) atoms. The zero-order valence-corrected chi connectivity index (χ0v) is 11.1. The zero-order valence-electron chi connectivity index (χ0n) is 11.1. The molecule has 3 nitrogen and oxygen atoms in total. The predicted molar refractivity (Wildman–Crippen MR) is 67.0 cm³/mol. The van der Waals surface area contributed by atoms with Gasteiger partial charge in [0.1, 0.15) is 0 Å². The molecule has 0 bridgehead atoms. The summed E-state index contributed by atoms with van der Waals surface area (Å²) in [6.45, 7) is 9.44. The van der Waals surface area contributed by atoms with Gasteiger partial charge in [0, 0.05) is 6.54 Å². The van der Waals surface area contributed by atoms with Crippen LogP contribution in [0.25, 0.3) is 0 Å². The standard InChI is InChI=1S/C13H26N2O/c1-5-13(16,6-2)11-15-9-7-8-12(3,4)10-14/h15-16H,5-9,11H2,1-4H3. The first-order valence-electron chi connectivity index (χ1n) is 6.23. The Kier molecular flexibility index (Phi) is 6.62. The molecule has 0 aliphatic heterocycles. The van der Waals surface area contributed by atoms with Crippen LogP contribution in [-0.2, 0) is 0 Å². The van der Waals surface area contributed by atoms with Crippen LogP contribution in [0.15, 0.2) is 0 Å². The van der Waals surface area contributed by atoms with E-state index in [2.05, 4.69) is 11.4 Å². The molecule has 0 rings (SSSR count). The Balaban J connectivity index is 3.66. The first-order valence-corrected chi connectivity index (χ1v) is 6.23. The Morgan fingerprint density at radius 1 is 1.25 bits per heavy atom. The minimum atomic E-state index is -0.565. The van der Waals surface area contributed by atoms with E-state index in [1.54, 1.807) is 0 Å². The van der Waals surface area contributed by atoms with Crippen molar-refractivity contribution in [1.82, 2.24) is 5.32 Å². The van der Waals surface area contributed by atoms with Crippen LogP contribution in [0.5, 0.6) is 0 Å². The van der Waals surface area contributed by atoms with Gasteiger partial charge in [-0.2, -0.15) is 5.26 Å². The summed E-state index contributed by atoms with van der Waals surface area (Å²) >= 11 is 0. The minimum absolute atomic E-state index is 0.229. The van der Waals surface area contributed by atoms with Crippen molar-refractivity contribution in [3.63, 3.8) is 0 Å². The highest BCUT2D eigenvalue weighted by Crippen LogP contribution is 2.20. The molecule has 0 saturated carbocycles. The smallest absolute Gasteiger partial charge is 0.0766 e. The van der Waals surface area contributed by atoms with Gasteiger partial charge in [-0.1, -0.05) is 13.8 Å². The first-order chi connectivity index (χ1) is 7.39. The zero-order chi connectivity index (χ0) is 12.7. The number of hydrogen-bond acceptors (Lipinski definition) is 3. The van der Waals surface area contributed by atoms with E-state index >= 15 is 0 Å². The van der Waals surface area contributed by atoms with Crippen molar-refractivity contribution in [3.8, 4) is 6.07 Å². The maximum atomic E-state index is 10.0. The van der Waals surface area contributed by atoms with Crippen molar-refractivity contribution in [2.45, 2.75) is 59.0 Å². The molecule has 0 aromatic rings. The van der Waals surface area contributed by atoms with Gasteiger partial charge in [-0.25, -0.2) is 0 Å². The Morgan fingerprint density at radius 2 is 1.81 bits per heavy atom. The van der Waals surface area contributed by atoms with Crippen LogP contribution >= 0.6 is 0 Å². The quantitative estimate of drug-likeness (QED) is 0.625. The average Bonchev–Trinajstić information content (AvgIpc) is 2.28. The van der Waals surface area contributed by atoms with E-state index in [0.717, 1.165) is 32.2 Å². The molecule has 0 radical (unpaired) electrons. The third kappa shape index (κ3) is 6.09. The molecule has 0 aliphatic rings. The second-order valence-electron chi connectivity index (χ2n) is 5.21. The fourth-order valence-corrected chi connectivity index (χ4v) is 1.53. The molecule has 2 N–H and O–H groups in total. The summed E-state index contributed by atoms with van der Waals surface area (Å²) in [6.07, 6.45) is 3.43. The molecule has 0 aromatic heterocycles. The lowest BCUT2D eigenvalue weighted by Gasteiger charge is -2.25. The van der Waals surface area contributed by atoms with Gasteiger partial charge in [0.2, 0.25) is 0 Å². The number of nitrogens with zero attached hydrogens (tertiary/aromatic N) is 1. The monoisotopic (exact) mass is 226 g/mol. The Morgan fingerprint density at radius 3 is 2.25 bits per heavy atom. The lowest BCUT2D eigenvalue weighted by atomic mass is 9.90. The molecule has 0 heterocycles. The minimum Gasteiger partial charge on any atom is -0.389 e. The molecule has 0 atom stereocenters. The van der Waals surface area contributed by atoms with Crippen molar-refractivity contribution < 1.29 is 5.11 Å².